The van der Waals surface area contributed by atoms with E-state index in [1.807, 2.05) is 24.3 Å². The van der Waals surface area contributed by atoms with Gasteiger partial charge >= 0.3 is 6.03 Å². The van der Waals surface area contributed by atoms with Crippen LogP contribution in [0.5, 0.6) is 11.5 Å². The van der Waals surface area contributed by atoms with E-state index >= 15 is 0 Å². The van der Waals surface area contributed by atoms with Crippen LogP contribution in [0.2, 0.25) is 5.02 Å². The average Bonchev–Trinajstić information content (AvgIpc) is 2.65. The van der Waals surface area contributed by atoms with Gasteiger partial charge < -0.3 is 24.4 Å². The molecule has 26 heavy (non-hydrogen) atoms. The van der Waals surface area contributed by atoms with Crippen LogP contribution in [0.3, 0.4) is 0 Å². The molecule has 0 aliphatic heterocycles. The van der Waals surface area contributed by atoms with Gasteiger partial charge in [0.1, 0.15) is 11.5 Å². The molecular weight excluding hydrogens is 356 g/mol. The summed E-state index contributed by atoms with van der Waals surface area (Å²) in [7, 11) is 4.76. The lowest BCUT2D eigenvalue weighted by Gasteiger charge is -2.23. The van der Waals surface area contributed by atoms with Gasteiger partial charge in [-0.15, -0.1) is 0 Å². The number of anilines is 1. The van der Waals surface area contributed by atoms with Crippen LogP contribution in [-0.2, 0) is 11.3 Å². The fourth-order valence-corrected chi connectivity index (χ4v) is 2.61. The van der Waals surface area contributed by atoms with Gasteiger partial charge in [-0.3, -0.25) is 0 Å². The summed E-state index contributed by atoms with van der Waals surface area (Å²) in [5.74, 6) is 1.33. The lowest BCUT2D eigenvalue weighted by atomic mass is 10.2. The molecule has 6 nitrogen and oxygen atoms in total. The maximum atomic E-state index is 12.7. The number of nitrogens with zero attached hydrogens (tertiary/aromatic N) is 1. The van der Waals surface area contributed by atoms with Crippen LogP contribution >= 0.6 is 11.6 Å². The van der Waals surface area contributed by atoms with Gasteiger partial charge in [-0.1, -0.05) is 23.7 Å². The minimum absolute atomic E-state index is 0.237. The largest absolute Gasteiger partial charge is 0.497 e. The molecule has 0 atom stereocenters. The molecule has 0 radical (unpaired) electrons. The Morgan fingerprint density at radius 2 is 1.81 bits per heavy atom. The van der Waals surface area contributed by atoms with Crippen LogP contribution in [0.1, 0.15) is 5.56 Å². The van der Waals surface area contributed by atoms with Crippen LogP contribution in [0, 0.1) is 0 Å². The number of carbonyl (C=O) groups is 1. The second-order valence-electron chi connectivity index (χ2n) is 5.54. The zero-order chi connectivity index (χ0) is 18.9. The molecule has 2 rings (SSSR count). The molecule has 2 aromatic rings. The quantitative estimate of drug-likeness (QED) is 0.753. The third-order valence-corrected chi connectivity index (χ3v) is 4.08. The van der Waals surface area contributed by atoms with Crippen LogP contribution in [0.15, 0.2) is 42.5 Å². The number of carbonyl (C=O) groups excluding carboxylic acids is 1. The van der Waals surface area contributed by atoms with E-state index in [9.17, 15) is 4.79 Å². The van der Waals surface area contributed by atoms with Crippen molar-refractivity contribution < 1.29 is 19.0 Å². The maximum Gasteiger partial charge on any atom is 0.322 e. The monoisotopic (exact) mass is 378 g/mol. The molecule has 0 spiro atoms. The van der Waals surface area contributed by atoms with Crippen molar-refractivity contribution in [2.45, 2.75) is 6.54 Å². The zero-order valence-corrected chi connectivity index (χ0v) is 15.9. The van der Waals surface area contributed by atoms with E-state index in [0.717, 1.165) is 11.3 Å². The number of benzene rings is 2. The molecule has 1 N–H and O–H groups in total. The van der Waals surface area contributed by atoms with E-state index in [1.165, 1.54) is 0 Å². The van der Waals surface area contributed by atoms with E-state index in [-0.39, 0.29) is 6.03 Å². The molecule has 0 unspecified atom stereocenters. The van der Waals surface area contributed by atoms with Gasteiger partial charge in [0, 0.05) is 25.9 Å². The van der Waals surface area contributed by atoms with Crippen molar-refractivity contribution in [3.05, 3.63) is 53.1 Å². The molecule has 0 saturated carbocycles. The number of methoxy groups -OCH3 is 3. The van der Waals surface area contributed by atoms with E-state index < -0.39 is 0 Å². The van der Waals surface area contributed by atoms with Crippen molar-refractivity contribution in [1.82, 2.24) is 4.90 Å². The van der Waals surface area contributed by atoms with Gasteiger partial charge in [0.25, 0.3) is 0 Å². The summed E-state index contributed by atoms with van der Waals surface area (Å²) in [5.41, 5.74) is 1.59. The Kier molecular flexibility index (Phi) is 7.56. The van der Waals surface area contributed by atoms with Crippen molar-refractivity contribution in [3.63, 3.8) is 0 Å². The number of nitrogens with one attached hydrogen (secondary N) is 1. The van der Waals surface area contributed by atoms with Crippen molar-refractivity contribution >= 4 is 23.3 Å². The molecule has 2 aromatic carbocycles. The van der Waals surface area contributed by atoms with Crippen molar-refractivity contribution in [1.29, 1.82) is 0 Å². The molecule has 0 heterocycles. The fraction of sp³-hybridized carbons (Fsp3) is 0.316. The van der Waals surface area contributed by atoms with Gasteiger partial charge in [0.15, 0.2) is 0 Å². The topological polar surface area (TPSA) is 60.0 Å². The van der Waals surface area contributed by atoms with Crippen LogP contribution in [-0.4, -0.2) is 45.4 Å². The smallest absolute Gasteiger partial charge is 0.322 e. The first kappa shape index (κ1) is 19.9. The standard InChI is InChI=1S/C19H23ClN2O4/c1-24-11-10-22(13-14-4-7-16(25-2)8-5-14)19(23)21-15-6-9-18(26-3)17(20)12-15/h4-9,12H,10-11,13H2,1-3H3,(H,21,23). The Morgan fingerprint density at radius 3 is 2.38 bits per heavy atom. The second-order valence-corrected chi connectivity index (χ2v) is 5.95. The molecule has 0 fully saturated rings. The Hall–Kier alpha value is -2.44. The second kappa shape index (κ2) is 9.89. The fourth-order valence-electron chi connectivity index (χ4n) is 2.35. The zero-order valence-electron chi connectivity index (χ0n) is 15.1. The highest BCUT2D eigenvalue weighted by atomic mass is 35.5. The van der Waals surface area contributed by atoms with Gasteiger partial charge in [0.05, 0.1) is 25.8 Å². The number of hydrogen-bond acceptors (Lipinski definition) is 4. The van der Waals surface area contributed by atoms with E-state index in [2.05, 4.69) is 5.32 Å². The molecule has 2 amide bonds. The average molecular weight is 379 g/mol. The van der Waals surface area contributed by atoms with E-state index in [1.54, 1.807) is 44.4 Å². The van der Waals surface area contributed by atoms with Crippen molar-refractivity contribution in [2.24, 2.45) is 0 Å². The molecule has 7 heteroatoms. The summed E-state index contributed by atoms with van der Waals surface area (Å²) in [4.78, 5) is 14.3. The number of urea groups is 1. The van der Waals surface area contributed by atoms with Crippen LogP contribution in [0.25, 0.3) is 0 Å². The Bertz CT molecular complexity index is 722. The summed E-state index contributed by atoms with van der Waals surface area (Å²) in [5, 5.41) is 3.29. The molecule has 0 aliphatic carbocycles. The highest BCUT2D eigenvalue weighted by Gasteiger charge is 2.15. The number of rotatable bonds is 8. The predicted octanol–water partition coefficient (Wildman–Crippen LogP) is 4.04. The third kappa shape index (κ3) is 5.54. The summed E-state index contributed by atoms with van der Waals surface area (Å²) < 4.78 is 15.4. The summed E-state index contributed by atoms with van der Waals surface area (Å²) in [6.07, 6.45) is 0. The highest BCUT2D eigenvalue weighted by Crippen LogP contribution is 2.27. The van der Waals surface area contributed by atoms with Gasteiger partial charge in [0.2, 0.25) is 0 Å². The number of amides is 2. The molecular formula is C19H23ClN2O4. The van der Waals surface area contributed by atoms with Crippen LogP contribution in [0.4, 0.5) is 10.5 Å². The third-order valence-electron chi connectivity index (χ3n) is 3.79. The molecule has 0 bridgehead atoms. The normalized spacial score (nSPS) is 10.3. The van der Waals surface area contributed by atoms with Crippen molar-refractivity contribution in [2.75, 3.05) is 39.8 Å². The lowest BCUT2D eigenvalue weighted by molar-refractivity contribution is 0.153. The van der Waals surface area contributed by atoms with E-state index in [0.29, 0.717) is 36.2 Å². The summed E-state index contributed by atoms with van der Waals surface area (Å²) in [6, 6.07) is 12.5. The minimum Gasteiger partial charge on any atom is -0.497 e. The molecule has 0 aromatic heterocycles. The SMILES string of the molecule is COCCN(Cc1ccc(OC)cc1)C(=O)Nc1ccc(OC)c(Cl)c1. The van der Waals surface area contributed by atoms with Gasteiger partial charge in [-0.25, -0.2) is 4.79 Å². The molecule has 0 aliphatic rings. The number of ether oxygens (including phenoxy) is 3. The van der Waals surface area contributed by atoms with Gasteiger partial charge in [-0.05, 0) is 35.9 Å². The first-order chi connectivity index (χ1) is 12.6. The Balaban J connectivity index is 2.08. The van der Waals surface area contributed by atoms with Crippen LogP contribution < -0.4 is 14.8 Å². The summed E-state index contributed by atoms with van der Waals surface area (Å²) >= 11 is 6.11. The Morgan fingerprint density at radius 1 is 1.08 bits per heavy atom. The summed E-state index contributed by atoms with van der Waals surface area (Å²) in [6.45, 7) is 1.34. The van der Waals surface area contributed by atoms with Crippen molar-refractivity contribution in [3.8, 4) is 11.5 Å². The predicted molar refractivity (Wildman–Crippen MR) is 102 cm³/mol. The minimum atomic E-state index is -0.237. The molecule has 140 valence electrons. The Labute approximate surface area is 158 Å². The lowest BCUT2D eigenvalue weighted by Crippen LogP contribution is -2.36. The number of hydrogen-bond donors (Lipinski definition) is 1. The highest BCUT2D eigenvalue weighted by molar-refractivity contribution is 6.32. The number of halogens is 1. The first-order valence-electron chi connectivity index (χ1n) is 8.08. The van der Waals surface area contributed by atoms with E-state index in [4.69, 9.17) is 25.8 Å². The van der Waals surface area contributed by atoms with Gasteiger partial charge in [-0.2, -0.15) is 0 Å². The maximum absolute atomic E-state index is 12.7. The first-order valence-corrected chi connectivity index (χ1v) is 8.46. The molecule has 0 saturated heterocycles.